The SMILES string of the molecule is Cc1ccc2c(c1)OCC(=O)N2Cc1ccc(C(=O)NCCN2CCOCC2)cc1. The van der Waals surface area contributed by atoms with Crippen molar-refractivity contribution in [1.82, 2.24) is 10.2 Å². The first-order valence-electron chi connectivity index (χ1n) is 10.3. The third kappa shape index (κ3) is 4.80. The Morgan fingerprint density at radius 3 is 2.63 bits per heavy atom. The topological polar surface area (TPSA) is 71.1 Å². The smallest absolute Gasteiger partial charge is 0.265 e. The predicted octanol–water partition coefficient (Wildman–Crippen LogP) is 1.98. The van der Waals surface area contributed by atoms with Gasteiger partial charge in [-0.3, -0.25) is 14.5 Å². The van der Waals surface area contributed by atoms with E-state index in [0.29, 0.717) is 18.7 Å². The van der Waals surface area contributed by atoms with Gasteiger partial charge in [-0.25, -0.2) is 0 Å². The number of hydrogen-bond acceptors (Lipinski definition) is 5. The molecule has 2 aliphatic heterocycles. The Hall–Kier alpha value is -2.90. The fourth-order valence-electron chi connectivity index (χ4n) is 3.68. The minimum atomic E-state index is -0.0851. The number of carbonyl (C=O) groups is 2. The van der Waals surface area contributed by atoms with Gasteiger partial charge in [0.2, 0.25) is 0 Å². The lowest BCUT2D eigenvalue weighted by Gasteiger charge is -2.29. The molecule has 0 unspecified atom stereocenters. The van der Waals surface area contributed by atoms with Gasteiger partial charge in [-0.05, 0) is 42.3 Å². The highest BCUT2D eigenvalue weighted by Gasteiger charge is 2.25. The fraction of sp³-hybridized carbons (Fsp3) is 0.391. The van der Waals surface area contributed by atoms with Gasteiger partial charge in [0, 0.05) is 31.7 Å². The summed E-state index contributed by atoms with van der Waals surface area (Å²) in [5, 5.41) is 2.97. The van der Waals surface area contributed by atoms with Crippen LogP contribution in [-0.4, -0.2) is 62.7 Å². The maximum absolute atomic E-state index is 12.4. The lowest BCUT2D eigenvalue weighted by molar-refractivity contribution is -0.121. The van der Waals surface area contributed by atoms with Gasteiger partial charge in [0.25, 0.3) is 11.8 Å². The van der Waals surface area contributed by atoms with E-state index in [4.69, 9.17) is 9.47 Å². The molecule has 0 aromatic heterocycles. The number of ether oxygens (including phenoxy) is 2. The maximum Gasteiger partial charge on any atom is 0.265 e. The minimum Gasteiger partial charge on any atom is -0.482 e. The molecular formula is C23H27N3O4. The van der Waals surface area contributed by atoms with Gasteiger partial charge in [-0.1, -0.05) is 18.2 Å². The van der Waals surface area contributed by atoms with Gasteiger partial charge in [0.1, 0.15) is 5.75 Å². The number of nitrogens with one attached hydrogen (secondary N) is 1. The van der Waals surface area contributed by atoms with Crippen LogP contribution in [-0.2, 0) is 16.1 Å². The van der Waals surface area contributed by atoms with Gasteiger partial charge >= 0.3 is 0 Å². The Morgan fingerprint density at radius 2 is 1.87 bits per heavy atom. The van der Waals surface area contributed by atoms with E-state index in [-0.39, 0.29) is 18.4 Å². The molecule has 7 nitrogen and oxygen atoms in total. The van der Waals surface area contributed by atoms with Crippen LogP contribution in [0, 0.1) is 6.92 Å². The quantitative estimate of drug-likeness (QED) is 0.790. The second kappa shape index (κ2) is 9.28. The van der Waals surface area contributed by atoms with Crippen LogP contribution in [0.1, 0.15) is 21.5 Å². The van der Waals surface area contributed by atoms with E-state index in [1.54, 1.807) is 17.0 Å². The van der Waals surface area contributed by atoms with Crippen molar-refractivity contribution < 1.29 is 19.1 Å². The van der Waals surface area contributed by atoms with Crippen LogP contribution in [0.5, 0.6) is 5.75 Å². The molecule has 1 fully saturated rings. The van der Waals surface area contributed by atoms with E-state index in [1.807, 2.05) is 37.3 Å². The van der Waals surface area contributed by atoms with E-state index >= 15 is 0 Å². The van der Waals surface area contributed by atoms with Crippen LogP contribution in [0.3, 0.4) is 0 Å². The number of aryl methyl sites for hydroxylation is 1. The molecule has 0 atom stereocenters. The molecule has 7 heteroatoms. The van der Waals surface area contributed by atoms with E-state index in [0.717, 1.165) is 55.4 Å². The largest absolute Gasteiger partial charge is 0.482 e. The van der Waals surface area contributed by atoms with Crippen molar-refractivity contribution in [3.63, 3.8) is 0 Å². The summed E-state index contributed by atoms with van der Waals surface area (Å²) in [5.74, 6) is 0.570. The molecule has 158 valence electrons. The lowest BCUT2D eigenvalue weighted by atomic mass is 10.1. The van der Waals surface area contributed by atoms with Crippen LogP contribution in [0.15, 0.2) is 42.5 Å². The van der Waals surface area contributed by atoms with Crippen molar-refractivity contribution >= 4 is 17.5 Å². The van der Waals surface area contributed by atoms with Crippen LogP contribution in [0.2, 0.25) is 0 Å². The molecule has 30 heavy (non-hydrogen) atoms. The molecule has 0 spiro atoms. The van der Waals surface area contributed by atoms with Crippen molar-refractivity contribution in [3.8, 4) is 5.75 Å². The number of carbonyl (C=O) groups excluding carboxylic acids is 2. The number of amides is 2. The summed E-state index contributed by atoms with van der Waals surface area (Å²) in [6.07, 6.45) is 0. The van der Waals surface area contributed by atoms with Crippen LogP contribution in [0.4, 0.5) is 5.69 Å². The molecule has 2 amide bonds. The standard InChI is InChI=1S/C23H27N3O4/c1-17-2-7-20-21(14-17)30-16-22(27)26(20)15-18-3-5-19(6-4-18)23(28)24-8-9-25-10-12-29-13-11-25/h2-7,14H,8-13,15-16H2,1H3,(H,24,28). The van der Waals surface area contributed by atoms with Crippen LogP contribution in [0.25, 0.3) is 0 Å². The maximum atomic E-state index is 12.4. The number of fused-ring (bicyclic) bond motifs is 1. The Kier molecular flexibility index (Phi) is 6.30. The summed E-state index contributed by atoms with van der Waals surface area (Å²) < 4.78 is 10.9. The van der Waals surface area contributed by atoms with Crippen LogP contribution >= 0.6 is 0 Å². The van der Waals surface area contributed by atoms with Gasteiger partial charge < -0.3 is 19.7 Å². The second-order valence-electron chi connectivity index (χ2n) is 7.65. The predicted molar refractivity (Wildman–Crippen MR) is 114 cm³/mol. The van der Waals surface area contributed by atoms with Crippen molar-refractivity contribution in [2.75, 3.05) is 50.9 Å². The highest BCUT2D eigenvalue weighted by atomic mass is 16.5. The van der Waals surface area contributed by atoms with E-state index in [1.165, 1.54) is 0 Å². The van der Waals surface area contributed by atoms with Crippen molar-refractivity contribution in [3.05, 3.63) is 59.2 Å². The van der Waals surface area contributed by atoms with Crippen molar-refractivity contribution in [2.45, 2.75) is 13.5 Å². The van der Waals surface area contributed by atoms with E-state index in [2.05, 4.69) is 10.2 Å². The van der Waals surface area contributed by atoms with Gasteiger partial charge in [0.05, 0.1) is 25.4 Å². The number of morpholine rings is 1. The molecule has 1 N–H and O–H groups in total. The number of hydrogen-bond donors (Lipinski definition) is 1. The molecule has 0 saturated carbocycles. The van der Waals surface area contributed by atoms with Crippen LogP contribution < -0.4 is 15.0 Å². The Labute approximate surface area is 176 Å². The molecule has 2 heterocycles. The van der Waals surface area contributed by atoms with E-state index < -0.39 is 0 Å². The Morgan fingerprint density at radius 1 is 1.10 bits per heavy atom. The summed E-state index contributed by atoms with van der Waals surface area (Å²) in [7, 11) is 0. The summed E-state index contributed by atoms with van der Waals surface area (Å²) in [6, 6.07) is 13.2. The van der Waals surface area contributed by atoms with Crippen molar-refractivity contribution in [1.29, 1.82) is 0 Å². The molecule has 1 saturated heterocycles. The minimum absolute atomic E-state index is 0.0418. The molecule has 2 aliphatic rings. The molecule has 4 rings (SSSR count). The summed E-state index contributed by atoms with van der Waals surface area (Å²) in [6.45, 7) is 7.24. The molecule has 2 aromatic carbocycles. The Bertz CT molecular complexity index is 907. The second-order valence-corrected chi connectivity index (χ2v) is 7.65. The first-order valence-corrected chi connectivity index (χ1v) is 10.3. The first kappa shape index (κ1) is 20.4. The van der Waals surface area contributed by atoms with Gasteiger partial charge in [-0.2, -0.15) is 0 Å². The zero-order valence-electron chi connectivity index (χ0n) is 17.2. The number of anilines is 1. The monoisotopic (exact) mass is 409 g/mol. The highest BCUT2D eigenvalue weighted by molar-refractivity contribution is 5.98. The highest BCUT2D eigenvalue weighted by Crippen LogP contribution is 2.33. The third-order valence-corrected chi connectivity index (χ3v) is 5.43. The normalized spacial score (nSPS) is 16.7. The molecule has 2 aromatic rings. The number of benzene rings is 2. The fourth-order valence-corrected chi connectivity index (χ4v) is 3.68. The zero-order chi connectivity index (χ0) is 20.9. The van der Waals surface area contributed by atoms with E-state index in [9.17, 15) is 9.59 Å². The average molecular weight is 409 g/mol. The summed E-state index contributed by atoms with van der Waals surface area (Å²) in [4.78, 5) is 28.8. The summed E-state index contributed by atoms with van der Waals surface area (Å²) in [5.41, 5.74) is 3.44. The first-order chi connectivity index (χ1) is 14.6. The molecule has 0 bridgehead atoms. The average Bonchev–Trinajstić information content (AvgIpc) is 2.77. The molecule has 0 aliphatic carbocycles. The molecule has 0 radical (unpaired) electrons. The van der Waals surface area contributed by atoms with Gasteiger partial charge in [0.15, 0.2) is 6.61 Å². The summed E-state index contributed by atoms with van der Waals surface area (Å²) >= 11 is 0. The van der Waals surface area contributed by atoms with Crippen molar-refractivity contribution in [2.24, 2.45) is 0 Å². The Balaban J connectivity index is 1.34. The lowest BCUT2D eigenvalue weighted by Crippen LogP contribution is -2.41. The van der Waals surface area contributed by atoms with Gasteiger partial charge in [-0.15, -0.1) is 0 Å². The zero-order valence-corrected chi connectivity index (χ0v) is 17.2. The molecular weight excluding hydrogens is 382 g/mol. The third-order valence-electron chi connectivity index (χ3n) is 5.43. The number of nitrogens with zero attached hydrogens (tertiary/aromatic N) is 2. The number of rotatable bonds is 6.